The topological polar surface area (TPSA) is 94.8 Å². The van der Waals surface area contributed by atoms with Gasteiger partial charge in [-0.1, -0.05) is 23.4 Å². The van der Waals surface area contributed by atoms with Gasteiger partial charge >= 0.3 is 0 Å². The van der Waals surface area contributed by atoms with Crippen molar-refractivity contribution in [2.24, 2.45) is 11.0 Å². The summed E-state index contributed by atoms with van der Waals surface area (Å²) in [5.41, 5.74) is 12.5. The zero-order valence-electron chi connectivity index (χ0n) is 17.1. The van der Waals surface area contributed by atoms with Gasteiger partial charge in [-0.2, -0.15) is 0 Å². The number of carbonyl (C=O) groups is 1. The Balaban J connectivity index is 1.25. The smallest absolute Gasteiger partial charge is 0.225 e. The number of hydrazine groups is 2. The molecule has 3 heterocycles. The molecule has 1 aromatic heterocycles. The highest BCUT2D eigenvalue weighted by atomic mass is 16.5. The van der Waals surface area contributed by atoms with Crippen LogP contribution in [0.15, 0.2) is 52.1 Å². The van der Waals surface area contributed by atoms with Crippen LogP contribution >= 0.6 is 0 Å². The van der Waals surface area contributed by atoms with Gasteiger partial charge in [-0.25, -0.2) is 5.53 Å². The number of benzene rings is 2. The number of hydrogen-bond donors (Lipinski definition) is 3. The van der Waals surface area contributed by atoms with Gasteiger partial charge in [-0.05, 0) is 61.4 Å². The lowest BCUT2D eigenvalue weighted by Crippen LogP contribution is -2.38. The third-order valence-corrected chi connectivity index (χ3v) is 6.51. The molecule has 1 amide bonds. The molecule has 8 heteroatoms. The summed E-state index contributed by atoms with van der Waals surface area (Å²) in [5.74, 6) is 2.61. The first-order valence-electron chi connectivity index (χ1n) is 10.9. The molecule has 2 aliphatic heterocycles. The van der Waals surface area contributed by atoms with Crippen LogP contribution in [0, 0.1) is 5.92 Å². The molecular weight excluding hydrogens is 392 g/mol. The summed E-state index contributed by atoms with van der Waals surface area (Å²) >= 11 is 0. The number of piperidine rings is 1. The summed E-state index contributed by atoms with van der Waals surface area (Å²) in [6, 6.07) is 14.5. The Labute approximate surface area is 179 Å². The molecule has 0 atom stereocenters. The van der Waals surface area contributed by atoms with Crippen LogP contribution in [0.3, 0.4) is 0 Å². The van der Waals surface area contributed by atoms with Crippen LogP contribution < -0.4 is 16.5 Å². The van der Waals surface area contributed by atoms with E-state index in [1.165, 1.54) is 5.56 Å². The number of rotatable bonds is 4. The van der Waals surface area contributed by atoms with Crippen LogP contribution in [0.25, 0.3) is 22.2 Å². The second-order valence-corrected chi connectivity index (χ2v) is 8.57. The fraction of sp³-hybridized carbons (Fsp3) is 0.348. The van der Waals surface area contributed by atoms with Gasteiger partial charge in [0.25, 0.3) is 0 Å². The standard InChI is InChI=1S/C23H24N6O2/c30-23(15-4-5-15)29-10-8-14(9-11-29)16-2-1-3-17(12-16)21-19-13-18(22-24-27-28-25-22)6-7-20(19)26-31-21/h1-3,6-7,12-15,27-28H,4-5,8-11H2,(H,24,25). The molecule has 1 saturated heterocycles. The Hall–Kier alpha value is -3.39. The number of hydrogen-bond acceptors (Lipinski definition) is 7. The van der Waals surface area contributed by atoms with Crippen molar-refractivity contribution in [3.63, 3.8) is 0 Å². The molecule has 2 fully saturated rings. The van der Waals surface area contributed by atoms with Gasteiger partial charge in [0.2, 0.25) is 5.91 Å². The van der Waals surface area contributed by atoms with E-state index >= 15 is 0 Å². The number of nitrogens with zero attached hydrogens (tertiary/aromatic N) is 3. The number of likely N-dealkylation sites (tertiary alicyclic amines) is 1. The van der Waals surface area contributed by atoms with E-state index in [1.54, 1.807) is 0 Å². The maximum Gasteiger partial charge on any atom is 0.225 e. The van der Waals surface area contributed by atoms with Crippen molar-refractivity contribution in [3.8, 4) is 11.3 Å². The minimum absolute atomic E-state index is 0.307. The molecule has 0 radical (unpaired) electrons. The quantitative estimate of drug-likeness (QED) is 0.605. The monoisotopic (exact) mass is 416 g/mol. The van der Waals surface area contributed by atoms with E-state index in [4.69, 9.17) is 4.52 Å². The zero-order chi connectivity index (χ0) is 20.8. The minimum Gasteiger partial charge on any atom is -0.355 e. The van der Waals surface area contributed by atoms with E-state index in [9.17, 15) is 4.79 Å². The first-order chi connectivity index (χ1) is 15.3. The van der Waals surface area contributed by atoms with E-state index in [1.807, 2.05) is 18.2 Å². The Kier molecular flexibility index (Phi) is 4.38. The number of nitrogens with one attached hydrogen (secondary N) is 3. The molecule has 0 unspecified atom stereocenters. The van der Waals surface area contributed by atoms with E-state index in [-0.39, 0.29) is 0 Å². The van der Waals surface area contributed by atoms with Crippen molar-refractivity contribution in [2.45, 2.75) is 31.6 Å². The van der Waals surface area contributed by atoms with Gasteiger partial charge < -0.3 is 9.42 Å². The van der Waals surface area contributed by atoms with Gasteiger partial charge in [0.15, 0.2) is 11.6 Å². The number of amidine groups is 1. The summed E-state index contributed by atoms with van der Waals surface area (Å²) in [6.45, 7) is 1.71. The predicted molar refractivity (Wildman–Crippen MR) is 117 cm³/mol. The van der Waals surface area contributed by atoms with Crippen LogP contribution in [0.4, 0.5) is 0 Å². The van der Waals surface area contributed by atoms with Crippen molar-refractivity contribution in [1.29, 1.82) is 0 Å². The summed E-state index contributed by atoms with van der Waals surface area (Å²) in [5, 5.41) is 9.37. The Morgan fingerprint density at radius 3 is 2.68 bits per heavy atom. The van der Waals surface area contributed by atoms with E-state index in [0.29, 0.717) is 17.7 Å². The molecule has 158 valence electrons. The maximum atomic E-state index is 12.3. The highest BCUT2D eigenvalue weighted by Gasteiger charge is 2.35. The molecule has 0 spiro atoms. The fourth-order valence-corrected chi connectivity index (χ4v) is 4.59. The molecule has 2 aromatic carbocycles. The van der Waals surface area contributed by atoms with Crippen LogP contribution in [0.2, 0.25) is 0 Å². The van der Waals surface area contributed by atoms with E-state index in [0.717, 1.165) is 72.4 Å². The number of hydrazone groups is 1. The molecule has 3 N–H and O–H groups in total. The highest BCUT2D eigenvalue weighted by molar-refractivity contribution is 6.03. The fourth-order valence-electron chi connectivity index (χ4n) is 4.59. The highest BCUT2D eigenvalue weighted by Crippen LogP contribution is 2.36. The van der Waals surface area contributed by atoms with Crippen LogP contribution in [-0.4, -0.2) is 34.9 Å². The Morgan fingerprint density at radius 2 is 1.90 bits per heavy atom. The Bertz CT molecular complexity index is 1170. The number of amides is 1. The molecular formula is C23H24N6O2. The van der Waals surface area contributed by atoms with Gasteiger partial charge in [0.1, 0.15) is 5.52 Å². The van der Waals surface area contributed by atoms with Gasteiger partial charge in [-0.15, -0.1) is 10.6 Å². The van der Waals surface area contributed by atoms with Crippen molar-refractivity contribution in [3.05, 3.63) is 53.6 Å². The van der Waals surface area contributed by atoms with Crippen molar-refractivity contribution in [2.75, 3.05) is 13.1 Å². The predicted octanol–water partition coefficient (Wildman–Crippen LogP) is 2.88. The third-order valence-electron chi connectivity index (χ3n) is 6.51. The second kappa shape index (κ2) is 7.39. The molecule has 31 heavy (non-hydrogen) atoms. The lowest BCUT2D eigenvalue weighted by molar-refractivity contribution is -0.133. The van der Waals surface area contributed by atoms with Crippen molar-refractivity contribution < 1.29 is 9.32 Å². The maximum absolute atomic E-state index is 12.3. The van der Waals surface area contributed by atoms with Crippen LogP contribution in [0.1, 0.15) is 42.7 Å². The van der Waals surface area contributed by atoms with Gasteiger partial charge in [0.05, 0.1) is 5.39 Å². The van der Waals surface area contributed by atoms with E-state index in [2.05, 4.69) is 55.9 Å². The lowest BCUT2D eigenvalue weighted by atomic mass is 9.88. The molecule has 8 nitrogen and oxygen atoms in total. The SMILES string of the molecule is O=C(C1CC1)N1CCC(c2cccc(-c3onc4ccc(C5=NNNN5)cc34)c2)CC1. The average Bonchev–Trinajstić information content (AvgIpc) is 3.35. The Morgan fingerprint density at radius 1 is 1.03 bits per heavy atom. The molecule has 3 aliphatic rings. The molecule has 1 saturated carbocycles. The third kappa shape index (κ3) is 3.42. The van der Waals surface area contributed by atoms with Crippen molar-refractivity contribution >= 4 is 22.6 Å². The summed E-state index contributed by atoms with van der Waals surface area (Å²) in [6.07, 6.45) is 4.16. The lowest BCUT2D eigenvalue weighted by Gasteiger charge is -2.32. The van der Waals surface area contributed by atoms with Crippen LogP contribution in [0.5, 0.6) is 0 Å². The van der Waals surface area contributed by atoms with Crippen molar-refractivity contribution in [1.82, 2.24) is 26.6 Å². The average molecular weight is 416 g/mol. The molecule has 1 aliphatic carbocycles. The zero-order valence-corrected chi connectivity index (χ0v) is 17.1. The first-order valence-corrected chi connectivity index (χ1v) is 10.9. The second-order valence-electron chi connectivity index (χ2n) is 8.57. The van der Waals surface area contributed by atoms with Crippen LogP contribution in [-0.2, 0) is 4.79 Å². The van der Waals surface area contributed by atoms with Gasteiger partial charge in [-0.3, -0.25) is 10.2 Å². The van der Waals surface area contributed by atoms with Gasteiger partial charge in [0, 0.05) is 30.1 Å². The molecule has 3 aromatic rings. The van der Waals surface area contributed by atoms with E-state index < -0.39 is 0 Å². The molecule has 0 bridgehead atoms. The first kappa shape index (κ1) is 18.4. The number of aromatic nitrogens is 1. The minimum atomic E-state index is 0.307. The number of fused-ring (bicyclic) bond motifs is 1. The summed E-state index contributed by atoms with van der Waals surface area (Å²) < 4.78 is 5.75. The summed E-state index contributed by atoms with van der Waals surface area (Å²) in [4.78, 5) is 14.4. The number of carbonyl (C=O) groups excluding carboxylic acids is 1. The largest absolute Gasteiger partial charge is 0.355 e. The molecule has 6 rings (SSSR count). The normalized spacial score (nSPS) is 19.2. The summed E-state index contributed by atoms with van der Waals surface area (Å²) in [7, 11) is 0.